The van der Waals surface area contributed by atoms with Crippen molar-refractivity contribution in [2.45, 2.75) is 36.8 Å². The fourth-order valence-corrected chi connectivity index (χ4v) is 5.89. The number of benzene rings is 2. The summed E-state index contributed by atoms with van der Waals surface area (Å²) in [5.74, 6) is -0.316. The lowest BCUT2D eigenvalue weighted by Gasteiger charge is -2.41. The van der Waals surface area contributed by atoms with Crippen LogP contribution in [0.3, 0.4) is 0 Å². The van der Waals surface area contributed by atoms with Gasteiger partial charge in [0.15, 0.2) is 0 Å². The van der Waals surface area contributed by atoms with E-state index in [1.165, 1.54) is 0 Å². The summed E-state index contributed by atoms with van der Waals surface area (Å²) in [5.41, 5.74) is 0.168. The number of piperidine rings is 2. The van der Waals surface area contributed by atoms with E-state index in [1.54, 1.807) is 9.80 Å². The van der Waals surface area contributed by atoms with E-state index < -0.39 is 11.1 Å². The average Bonchev–Trinajstić information content (AvgIpc) is 3.31. The minimum Gasteiger partial charge on any atom is -0.306 e. The van der Waals surface area contributed by atoms with Gasteiger partial charge in [-0.25, -0.2) is 9.59 Å². The molecule has 0 radical (unpaired) electrons. The number of anilines is 2. The van der Waals surface area contributed by atoms with Crippen LogP contribution in [0.25, 0.3) is 0 Å². The molecule has 10 nitrogen and oxygen atoms in total. The molecule has 4 aliphatic rings. The van der Waals surface area contributed by atoms with Crippen LogP contribution in [-0.4, -0.2) is 85.0 Å². The summed E-state index contributed by atoms with van der Waals surface area (Å²) in [4.78, 5) is 56.4. The SMILES string of the molecule is CN1CCC2(CC1)C(=O)NC(=O)N2c1ccccc1.CN1CCC2(CC1)C(=O)NC(=O)N2c1ccccc1. The van der Waals surface area contributed by atoms with Gasteiger partial charge in [0, 0.05) is 37.6 Å². The summed E-state index contributed by atoms with van der Waals surface area (Å²) in [7, 11) is 4.07. The number of para-hydroxylation sites is 2. The number of carbonyl (C=O) groups excluding carboxylic acids is 4. The first-order chi connectivity index (χ1) is 18.3. The van der Waals surface area contributed by atoms with Gasteiger partial charge in [0.2, 0.25) is 0 Å². The predicted molar refractivity (Wildman–Crippen MR) is 144 cm³/mol. The van der Waals surface area contributed by atoms with Crippen LogP contribution in [0, 0.1) is 0 Å². The Morgan fingerprint density at radius 1 is 0.553 bits per heavy atom. The van der Waals surface area contributed by atoms with Crippen LogP contribution in [0.15, 0.2) is 60.7 Å². The van der Waals surface area contributed by atoms with E-state index in [2.05, 4.69) is 20.4 Å². The Labute approximate surface area is 222 Å². The Bertz CT molecular complexity index is 1110. The largest absolute Gasteiger partial charge is 0.329 e. The molecule has 0 atom stereocenters. The molecule has 2 aromatic rings. The number of urea groups is 2. The number of likely N-dealkylation sites (tertiary alicyclic amines) is 2. The van der Waals surface area contributed by atoms with Crippen LogP contribution in [0.1, 0.15) is 25.7 Å². The molecule has 0 aromatic heterocycles. The van der Waals surface area contributed by atoms with Crippen molar-refractivity contribution in [2.24, 2.45) is 0 Å². The normalized spacial score (nSPS) is 22.9. The first kappa shape index (κ1) is 25.9. The van der Waals surface area contributed by atoms with E-state index in [4.69, 9.17) is 0 Å². The maximum Gasteiger partial charge on any atom is 0.329 e. The van der Waals surface area contributed by atoms with Gasteiger partial charge < -0.3 is 9.80 Å². The zero-order valence-electron chi connectivity index (χ0n) is 21.9. The van der Waals surface area contributed by atoms with E-state index in [1.807, 2.05) is 74.8 Å². The summed E-state index contributed by atoms with van der Waals surface area (Å²) in [6, 6.07) is 18.2. The number of nitrogens with one attached hydrogen (secondary N) is 2. The van der Waals surface area contributed by atoms with E-state index in [0.29, 0.717) is 25.7 Å². The average molecular weight is 519 g/mol. The number of nitrogens with zero attached hydrogens (tertiary/aromatic N) is 4. The molecule has 10 heteroatoms. The second-order valence-electron chi connectivity index (χ2n) is 10.5. The van der Waals surface area contributed by atoms with Gasteiger partial charge in [-0.2, -0.15) is 0 Å². The lowest BCUT2D eigenvalue weighted by molar-refractivity contribution is -0.125. The molecule has 4 fully saturated rings. The smallest absolute Gasteiger partial charge is 0.306 e. The van der Waals surface area contributed by atoms with Crippen molar-refractivity contribution in [3.63, 3.8) is 0 Å². The summed E-state index contributed by atoms with van der Waals surface area (Å²) < 4.78 is 0. The fraction of sp³-hybridized carbons (Fsp3) is 0.429. The molecule has 0 unspecified atom stereocenters. The maximum absolute atomic E-state index is 12.3. The molecule has 2 aromatic carbocycles. The second kappa shape index (κ2) is 10.2. The predicted octanol–water partition coefficient (Wildman–Crippen LogP) is 2.41. The summed E-state index contributed by atoms with van der Waals surface area (Å²) in [6.07, 6.45) is 2.71. The van der Waals surface area contributed by atoms with Crippen molar-refractivity contribution in [1.82, 2.24) is 20.4 Å². The second-order valence-corrected chi connectivity index (χ2v) is 10.5. The van der Waals surface area contributed by atoms with Crippen LogP contribution >= 0.6 is 0 Å². The minimum absolute atomic E-state index is 0.158. The first-order valence-electron chi connectivity index (χ1n) is 13.1. The molecule has 4 aliphatic heterocycles. The fourth-order valence-electron chi connectivity index (χ4n) is 5.89. The molecule has 0 saturated carbocycles. The third-order valence-electron chi connectivity index (χ3n) is 8.21. The molecule has 0 aliphatic carbocycles. The molecular weight excluding hydrogens is 484 g/mol. The highest BCUT2D eigenvalue weighted by molar-refractivity contribution is 6.17. The van der Waals surface area contributed by atoms with Crippen molar-refractivity contribution >= 4 is 35.3 Å². The third-order valence-corrected chi connectivity index (χ3v) is 8.21. The Hall–Kier alpha value is -3.76. The summed E-state index contributed by atoms with van der Waals surface area (Å²) >= 11 is 0. The van der Waals surface area contributed by atoms with E-state index in [0.717, 1.165) is 37.6 Å². The first-order valence-corrected chi connectivity index (χ1v) is 13.1. The van der Waals surface area contributed by atoms with Crippen molar-refractivity contribution in [1.29, 1.82) is 0 Å². The lowest BCUT2D eigenvalue weighted by Crippen LogP contribution is -2.56. The minimum atomic E-state index is -0.703. The van der Waals surface area contributed by atoms with Crippen molar-refractivity contribution in [2.75, 3.05) is 50.1 Å². The van der Waals surface area contributed by atoms with Crippen molar-refractivity contribution in [3.05, 3.63) is 60.7 Å². The Kier molecular flexibility index (Phi) is 6.93. The molecule has 200 valence electrons. The molecule has 6 rings (SSSR count). The summed E-state index contributed by atoms with van der Waals surface area (Å²) in [6.45, 7) is 3.29. The topological polar surface area (TPSA) is 105 Å². The van der Waals surface area contributed by atoms with Gasteiger partial charge in [-0.15, -0.1) is 0 Å². The van der Waals surface area contributed by atoms with Gasteiger partial charge in [-0.05, 0) is 64.0 Å². The van der Waals surface area contributed by atoms with Crippen LogP contribution in [0.2, 0.25) is 0 Å². The quantitative estimate of drug-likeness (QED) is 0.592. The molecule has 6 amide bonds. The number of amides is 6. The van der Waals surface area contributed by atoms with Crippen LogP contribution in [0.4, 0.5) is 21.0 Å². The lowest BCUT2D eigenvalue weighted by atomic mass is 9.86. The zero-order valence-corrected chi connectivity index (χ0v) is 21.9. The van der Waals surface area contributed by atoms with Gasteiger partial charge in [-0.3, -0.25) is 30.0 Å². The van der Waals surface area contributed by atoms with Crippen LogP contribution < -0.4 is 20.4 Å². The molecule has 4 saturated heterocycles. The van der Waals surface area contributed by atoms with Gasteiger partial charge in [-0.1, -0.05) is 36.4 Å². The van der Waals surface area contributed by atoms with Crippen molar-refractivity contribution < 1.29 is 19.2 Å². The Balaban J connectivity index is 0.000000155. The number of hydrogen-bond donors (Lipinski definition) is 2. The van der Waals surface area contributed by atoms with Crippen LogP contribution in [-0.2, 0) is 9.59 Å². The van der Waals surface area contributed by atoms with E-state index >= 15 is 0 Å². The standard InChI is InChI=1S/2C14H17N3O2/c2*1-16-9-7-14(8-10-16)12(18)15-13(19)17(14)11-5-3-2-4-6-11/h2*2-6H,7-10H2,1H3,(H,15,18,19). The van der Waals surface area contributed by atoms with E-state index in [9.17, 15) is 19.2 Å². The van der Waals surface area contributed by atoms with Gasteiger partial charge in [0.1, 0.15) is 11.1 Å². The highest BCUT2D eigenvalue weighted by Crippen LogP contribution is 2.37. The van der Waals surface area contributed by atoms with E-state index in [-0.39, 0.29) is 23.9 Å². The van der Waals surface area contributed by atoms with Crippen molar-refractivity contribution in [3.8, 4) is 0 Å². The molecular formula is C28H34N6O4. The number of rotatable bonds is 2. The highest BCUT2D eigenvalue weighted by Gasteiger charge is 2.55. The Morgan fingerprint density at radius 3 is 1.18 bits per heavy atom. The number of hydrogen-bond acceptors (Lipinski definition) is 6. The molecule has 2 N–H and O–H groups in total. The van der Waals surface area contributed by atoms with Gasteiger partial charge in [0.05, 0.1) is 0 Å². The zero-order chi connectivity index (χ0) is 26.9. The molecule has 0 bridgehead atoms. The molecule has 2 spiro atoms. The molecule has 38 heavy (non-hydrogen) atoms. The van der Waals surface area contributed by atoms with Crippen LogP contribution in [0.5, 0.6) is 0 Å². The molecule has 4 heterocycles. The third kappa shape index (κ3) is 4.43. The van der Waals surface area contributed by atoms with Gasteiger partial charge >= 0.3 is 12.1 Å². The number of carbonyl (C=O) groups is 4. The van der Waals surface area contributed by atoms with Gasteiger partial charge in [0.25, 0.3) is 11.8 Å². The highest BCUT2D eigenvalue weighted by atomic mass is 16.2. The Morgan fingerprint density at radius 2 is 0.868 bits per heavy atom. The summed E-state index contributed by atoms with van der Waals surface area (Å²) in [5, 5.41) is 4.94. The monoisotopic (exact) mass is 518 g/mol. The number of imide groups is 2. The maximum atomic E-state index is 12.3.